The molecule has 8 nitrogen and oxygen atoms in total. The molecule has 0 aliphatic carbocycles. The quantitative estimate of drug-likeness (QED) is 0.484. The molecule has 0 saturated heterocycles. The van der Waals surface area contributed by atoms with Crippen LogP contribution in [0.25, 0.3) is 11.0 Å². The van der Waals surface area contributed by atoms with Gasteiger partial charge in [-0.05, 0) is 38.5 Å². The van der Waals surface area contributed by atoms with Crippen molar-refractivity contribution in [2.45, 2.75) is 39.5 Å². The van der Waals surface area contributed by atoms with Gasteiger partial charge >= 0.3 is 5.97 Å². The summed E-state index contributed by atoms with van der Waals surface area (Å²) >= 11 is 0. The predicted molar refractivity (Wildman–Crippen MR) is 123 cm³/mol. The number of halogens is 2. The van der Waals surface area contributed by atoms with Gasteiger partial charge in [-0.15, -0.1) is 0 Å². The number of anilines is 1. The van der Waals surface area contributed by atoms with Crippen LogP contribution >= 0.6 is 0 Å². The van der Waals surface area contributed by atoms with Crippen LogP contribution in [0.1, 0.15) is 49.2 Å². The van der Waals surface area contributed by atoms with Gasteiger partial charge in [0.25, 0.3) is 11.8 Å². The SMILES string of the molecule is COC(=O)C(C)(C)CCc1nc2cc(OC)c(NC(=O)c3cccc(C(C)(F)F)n3)cc2n1C. The number of carbonyl (C=O) groups is 2. The molecule has 0 saturated carbocycles. The second-order valence-electron chi connectivity index (χ2n) is 8.75. The van der Waals surface area contributed by atoms with Gasteiger partial charge in [-0.2, -0.15) is 8.78 Å². The lowest BCUT2D eigenvalue weighted by molar-refractivity contribution is -0.151. The molecule has 0 spiro atoms. The fourth-order valence-electron chi connectivity index (χ4n) is 3.55. The average molecular weight is 475 g/mol. The van der Waals surface area contributed by atoms with E-state index in [4.69, 9.17) is 9.47 Å². The molecular weight excluding hydrogens is 446 g/mol. The van der Waals surface area contributed by atoms with Crippen LogP contribution in [0.15, 0.2) is 30.3 Å². The average Bonchev–Trinajstić information content (AvgIpc) is 3.10. The van der Waals surface area contributed by atoms with E-state index in [1.807, 2.05) is 25.5 Å². The van der Waals surface area contributed by atoms with Crippen LogP contribution in [0.4, 0.5) is 14.5 Å². The molecular formula is C24H28F2N4O4. The van der Waals surface area contributed by atoms with E-state index >= 15 is 0 Å². The minimum absolute atomic E-state index is 0.142. The van der Waals surface area contributed by atoms with Gasteiger partial charge in [-0.25, -0.2) is 9.97 Å². The normalized spacial score (nSPS) is 12.0. The van der Waals surface area contributed by atoms with E-state index in [0.29, 0.717) is 29.8 Å². The zero-order chi connectivity index (χ0) is 25.3. The monoisotopic (exact) mass is 474 g/mol. The first kappa shape index (κ1) is 25.1. The number of aromatic nitrogens is 3. The molecule has 3 aromatic rings. The van der Waals surface area contributed by atoms with Crippen molar-refractivity contribution >= 4 is 28.6 Å². The highest BCUT2D eigenvalue weighted by atomic mass is 19.3. The molecule has 0 aliphatic heterocycles. The lowest BCUT2D eigenvalue weighted by atomic mass is 9.88. The summed E-state index contributed by atoms with van der Waals surface area (Å²) in [6.45, 7) is 4.35. The minimum Gasteiger partial charge on any atom is -0.494 e. The topological polar surface area (TPSA) is 95.3 Å². The summed E-state index contributed by atoms with van der Waals surface area (Å²) in [4.78, 5) is 33.2. The van der Waals surface area contributed by atoms with E-state index in [9.17, 15) is 18.4 Å². The first-order valence-corrected chi connectivity index (χ1v) is 10.7. The number of carbonyl (C=O) groups excluding carboxylic acids is 2. The molecule has 182 valence electrons. The van der Waals surface area contributed by atoms with Crippen LogP contribution < -0.4 is 10.1 Å². The molecule has 0 atom stereocenters. The van der Waals surface area contributed by atoms with Crippen molar-refractivity contribution in [3.05, 3.63) is 47.5 Å². The third-order valence-corrected chi connectivity index (χ3v) is 5.69. The number of alkyl halides is 2. The Morgan fingerprint density at radius 3 is 2.44 bits per heavy atom. The highest BCUT2D eigenvalue weighted by Gasteiger charge is 2.29. The first-order valence-electron chi connectivity index (χ1n) is 10.7. The van der Waals surface area contributed by atoms with Gasteiger partial charge in [0, 0.05) is 26.5 Å². The molecule has 0 radical (unpaired) electrons. The van der Waals surface area contributed by atoms with Crippen LogP contribution in [0, 0.1) is 5.41 Å². The minimum atomic E-state index is -3.17. The first-order chi connectivity index (χ1) is 15.9. The Morgan fingerprint density at radius 1 is 1.12 bits per heavy atom. The van der Waals surface area contributed by atoms with E-state index in [1.165, 1.54) is 32.4 Å². The van der Waals surface area contributed by atoms with Crippen LogP contribution in [-0.4, -0.2) is 40.6 Å². The molecule has 3 rings (SSSR count). The zero-order valence-corrected chi connectivity index (χ0v) is 20.0. The third-order valence-electron chi connectivity index (χ3n) is 5.69. The molecule has 10 heteroatoms. The van der Waals surface area contributed by atoms with Crippen LogP contribution in [0.2, 0.25) is 0 Å². The van der Waals surface area contributed by atoms with Gasteiger partial charge in [0.2, 0.25) is 0 Å². The van der Waals surface area contributed by atoms with E-state index in [0.717, 1.165) is 18.3 Å². The van der Waals surface area contributed by atoms with Gasteiger partial charge in [0.05, 0.1) is 36.4 Å². The fraction of sp³-hybridized carbons (Fsp3) is 0.417. The number of fused-ring (bicyclic) bond motifs is 1. The van der Waals surface area contributed by atoms with Crippen molar-refractivity contribution < 1.29 is 27.8 Å². The summed E-state index contributed by atoms with van der Waals surface area (Å²) in [6, 6.07) is 7.28. The van der Waals surface area contributed by atoms with E-state index in [2.05, 4.69) is 15.3 Å². The number of ether oxygens (including phenoxy) is 2. The van der Waals surface area contributed by atoms with Crippen LogP contribution in [0.3, 0.4) is 0 Å². The molecule has 0 fully saturated rings. The number of hydrogen-bond donors (Lipinski definition) is 1. The largest absolute Gasteiger partial charge is 0.494 e. The van der Waals surface area contributed by atoms with Crippen molar-refractivity contribution in [1.82, 2.24) is 14.5 Å². The van der Waals surface area contributed by atoms with Gasteiger partial charge < -0.3 is 19.4 Å². The van der Waals surface area contributed by atoms with E-state index in [-0.39, 0.29) is 11.7 Å². The summed E-state index contributed by atoms with van der Waals surface area (Å²) in [6.07, 6.45) is 1.06. The summed E-state index contributed by atoms with van der Waals surface area (Å²) in [5.41, 5.74) is 0.420. The van der Waals surface area contributed by atoms with Crippen molar-refractivity contribution in [2.24, 2.45) is 12.5 Å². The number of aryl methyl sites for hydroxylation is 2. The Bertz CT molecular complexity index is 1230. The molecule has 0 aliphatic rings. The van der Waals surface area contributed by atoms with E-state index < -0.39 is 22.9 Å². The number of nitrogens with one attached hydrogen (secondary N) is 1. The Hall–Kier alpha value is -3.56. The Labute approximate surface area is 196 Å². The van der Waals surface area contributed by atoms with Crippen molar-refractivity contribution in [2.75, 3.05) is 19.5 Å². The maximum atomic E-state index is 13.6. The second-order valence-corrected chi connectivity index (χ2v) is 8.75. The number of benzene rings is 1. The lowest BCUT2D eigenvalue weighted by Crippen LogP contribution is -2.26. The van der Waals surface area contributed by atoms with Gasteiger partial charge in [0.15, 0.2) is 0 Å². The number of nitrogens with zero attached hydrogens (tertiary/aromatic N) is 3. The Kier molecular flexibility index (Phi) is 6.90. The summed E-state index contributed by atoms with van der Waals surface area (Å²) in [5.74, 6) is -3.00. The van der Waals surface area contributed by atoms with Gasteiger partial charge in [-0.3, -0.25) is 9.59 Å². The maximum absolute atomic E-state index is 13.6. The number of pyridine rings is 1. The number of imidazole rings is 1. The second kappa shape index (κ2) is 9.36. The summed E-state index contributed by atoms with van der Waals surface area (Å²) < 4.78 is 39.4. The molecule has 2 aromatic heterocycles. The van der Waals surface area contributed by atoms with Crippen molar-refractivity contribution in [1.29, 1.82) is 0 Å². The zero-order valence-electron chi connectivity index (χ0n) is 20.0. The van der Waals surface area contributed by atoms with Gasteiger partial charge in [0.1, 0.15) is 23.0 Å². The molecule has 0 bridgehead atoms. The number of methoxy groups -OCH3 is 2. The summed E-state index contributed by atoms with van der Waals surface area (Å²) in [7, 11) is 4.65. The standard InChI is InChI=1S/C24H28F2N4O4/c1-23(2,22(32)34-6)11-10-20-28-15-13-18(33-5)16(12-17(15)30(20)4)29-21(31)14-8-7-9-19(27-14)24(3,25)26/h7-9,12-13H,10-11H2,1-6H3,(H,29,31). The van der Waals surface area contributed by atoms with Crippen molar-refractivity contribution in [3.63, 3.8) is 0 Å². The molecule has 0 unspecified atom stereocenters. The van der Waals surface area contributed by atoms with Crippen LogP contribution in [-0.2, 0) is 28.9 Å². The highest BCUT2D eigenvalue weighted by molar-refractivity contribution is 6.04. The van der Waals surface area contributed by atoms with Crippen molar-refractivity contribution in [3.8, 4) is 5.75 Å². The Morgan fingerprint density at radius 2 is 1.82 bits per heavy atom. The number of esters is 1. The lowest BCUT2D eigenvalue weighted by Gasteiger charge is -2.20. The molecule has 1 amide bonds. The van der Waals surface area contributed by atoms with Gasteiger partial charge in [-0.1, -0.05) is 6.07 Å². The summed E-state index contributed by atoms with van der Waals surface area (Å²) in [5, 5.41) is 2.69. The molecule has 1 N–H and O–H groups in total. The van der Waals surface area contributed by atoms with E-state index in [1.54, 1.807) is 12.1 Å². The van der Waals surface area contributed by atoms with Crippen LogP contribution in [0.5, 0.6) is 5.75 Å². The number of rotatable bonds is 8. The highest BCUT2D eigenvalue weighted by Crippen LogP contribution is 2.32. The third kappa shape index (κ3) is 5.16. The fourth-order valence-corrected chi connectivity index (χ4v) is 3.55. The Balaban J connectivity index is 1.90. The molecule has 1 aromatic carbocycles. The predicted octanol–water partition coefficient (Wildman–Crippen LogP) is 4.47. The molecule has 2 heterocycles. The maximum Gasteiger partial charge on any atom is 0.311 e. The number of amides is 1. The number of hydrogen-bond acceptors (Lipinski definition) is 6. The molecule has 34 heavy (non-hydrogen) atoms. The smallest absolute Gasteiger partial charge is 0.311 e.